The lowest BCUT2D eigenvalue weighted by Crippen LogP contribution is -2.34. The number of amides is 1. The molecule has 0 heterocycles. The normalized spacial score (nSPS) is 15.3. The van der Waals surface area contributed by atoms with E-state index in [2.05, 4.69) is 10.0 Å². The van der Waals surface area contributed by atoms with Crippen LogP contribution in [0, 0.1) is 19.8 Å². The molecule has 2 N–H and O–H groups in total. The average molecular weight is 372 g/mol. The number of carbonyl (C=O) groups is 1. The van der Waals surface area contributed by atoms with Crippen LogP contribution < -0.4 is 10.0 Å². The fourth-order valence-electron chi connectivity index (χ4n) is 2.90. The first-order valence-corrected chi connectivity index (χ1v) is 10.3. The molecule has 0 aromatic heterocycles. The van der Waals surface area contributed by atoms with Gasteiger partial charge in [-0.25, -0.2) is 8.42 Å². The second-order valence-corrected chi connectivity index (χ2v) is 8.68. The van der Waals surface area contributed by atoms with Crippen LogP contribution in [0.5, 0.6) is 0 Å². The highest BCUT2D eigenvalue weighted by atomic mass is 32.2. The van der Waals surface area contributed by atoms with Crippen LogP contribution in [0.3, 0.4) is 0 Å². The summed E-state index contributed by atoms with van der Waals surface area (Å²) in [5, 5.41) is 2.98. The summed E-state index contributed by atoms with van der Waals surface area (Å²) in [4.78, 5) is 12.7. The van der Waals surface area contributed by atoms with E-state index in [0.717, 1.165) is 24.0 Å². The van der Waals surface area contributed by atoms with E-state index in [1.807, 2.05) is 32.9 Å². The van der Waals surface area contributed by atoms with Crippen molar-refractivity contribution >= 4 is 21.6 Å². The molecular formula is C20H24N2O3S. The molecular weight excluding hydrogens is 348 g/mol. The number of sulfonamides is 1. The van der Waals surface area contributed by atoms with Crippen LogP contribution in [-0.4, -0.2) is 20.4 Å². The molecule has 2 aromatic rings. The summed E-state index contributed by atoms with van der Waals surface area (Å²) in [6.45, 7) is 5.64. The number of benzene rings is 2. The fraction of sp³-hybridized carbons (Fsp3) is 0.350. The smallest absolute Gasteiger partial charge is 0.261 e. The minimum atomic E-state index is -3.77. The highest BCUT2D eigenvalue weighted by molar-refractivity contribution is 7.92. The topological polar surface area (TPSA) is 75.3 Å². The Kier molecular flexibility index (Phi) is 5.05. The van der Waals surface area contributed by atoms with Crippen molar-refractivity contribution < 1.29 is 13.2 Å². The van der Waals surface area contributed by atoms with Gasteiger partial charge in [-0.15, -0.1) is 0 Å². The molecule has 2 aromatic carbocycles. The van der Waals surface area contributed by atoms with Crippen LogP contribution in [0.1, 0.15) is 41.3 Å². The van der Waals surface area contributed by atoms with Gasteiger partial charge in [0.05, 0.1) is 10.6 Å². The second-order valence-electron chi connectivity index (χ2n) is 7.00. The molecule has 0 spiro atoms. The number of nitrogens with one attached hydrogen (secondary N) is 2. The van der Waals surface area contributed by atoms with Gasteiger partial charge in [-0.2, -0.15) is 0 Å². The maximum atomic E-state index is 12.7. The molecule has 5 nitrogen and oxygen atoms in total. The highest BCUT2D eigenvalue weighted by Crippen LogP contribution is 2.32. The molecule has 26 heavy (non-hydrogen) atoms. The Bertz CT molecular complexity index is 934. The van der Waals surface area contributed by atoms with E-state index in [1.165, 1.54) is 12.1 Å². The second kappa shape index (κ2) is 7.11. The van der Waals surface area contributed by atoms with Crippen LogP contribution in [0.15, 0.2) is 47.4 Å². The van der Waals surface area contributed by atoms with E-state index in [0.29, 0.717) is 17.2 Å². The van der Waals surface area contributed by atoms with Crippen molar-refractivity contribution in [2.75, 3.05) is 4.72 Å². The third kappa shape index (κ3) is 4.07. The lowest BCUT2D eigenvalue weighted by Gasteiger charge is -2.15. The van der Waals surface area contributed by atoms with Crippen LogP contribution in [0.25, 0.3) is 0 Å². The molecule has 6 heteroatoms. The lowest BCUT2D eigenvalue weighted by molar-refractivity contribution is 0.0935. The Morgan fingerprint density at radius 2 is 1.77 bits per heavy atom. The Morgan fingerprint density at radius 1 is 1.08 bits per heavy atom. The van der Waals surface area contributed by atoms with Crippen molar-refractivity contribution in [3.8, 4) is 0 Å². The van der Waals surface area contributed by atoms with Gasteiger partial charge >= 0.3 is 0 Å². The van der Waals surface area contributed by atoms with E-state index < -0.39 is 10.0 Å². The maximum absolute atomic E-state index is 12.7. The largest absolute Gasteiger partial charge is 0.349 e. The molecule has 1 atom stereocenters. The molecule has 1 aliphatic carbocycles. The summed E-state index contributed by atoms with van der Waals surface area (Å²) in [7, 11) is -3.77. The molecule has 0 aliphatic heterocycles. The van der Waals surface area contributed by atoms with Crippen molar-refractivity contribution in [1.29, 1.82) is 0 Å². The average Bonchev–Trinajstić information content (AvgIpc) is 3.42. The Labute approximate surface area is 154 Å². The molecule has 0 saturated heterocycles. The first-order valence-electron chi connectivity index (χ1n) is 8.78. The summed E-state index contributed by atoms with van der Waals surface area (Å²) in [6.07, 6.45) is 2.27. The predicted octanol–water partition coefficient (Wildman–Crippen LogP) is 3.63. The Morgan fingerprint density at radius 3 is 2.42 bits per heavy atom. The minimum absolute atomic E-state index is 0.0792. The molecule has 0 bridgehead atoms. The Balaban J connectivity index is 1.86. The van der Waals surface area contributed by atoms with Gasteiger partial charge in [0.1, 0.15) is 0 Å². The van der Waals surface area contributed by atoms with Crippen molar-refractivity contribution in [2.45, 2.75) is 44.6 Å². The van der Waals surface area contributed by atoms with Gasteiger partial charge in [0.25, 0.3) is 15.9 Å². The van der Waals surface area contributed by atoms with Crippen LogP contribution in [0.2, 0.25) is 0 Å². The third-order valence-electron chi connectivity index (χ3n) is 4.84. The zero-order chi connectivity index (χ0) is 18.9. The molecule has 1 fully saturated rings. The fourth-order valence-corrected chi connectivity index (χ4v) is 4.06. The van der Waals surface area contributed by atoms with E-state index in [-0.39, 0.29) is 16.8 Å². The van der Waals surface area contributed by atoms with Gasteiger partial charge < -0.3 is 5.32 Å². The van der Waals surface area contributed by atoms with Gasteiger partial charge in [-0.3, -0.25) is 9.52 Å². The molecule has 1 saturated carbocycles. The van der Waals surface area contributed by atoms with Crippen molar-refractivity contribution in [2.24, 2.45) is 5.92 Å². The minimum Gasteiger partial charge on any atom is -0.349 e. The summed E-state index contributed by atoms with van der Waals surface area (Å²) in [5.41, 5.74) is 2.51. The summed E-state index contributed by atoms with van der Waals surface area (Å²) in [5.74, 6) is 0.309. The summed E-state index contributed by atoms with van der Waals surface area (Å²) in [6, 6.07) is 11.9. The molecule has 3 rings (SSSR count). The summed E-state index contributed by atoms with van der Waals surface area (Å²) < 4.78 is 28.1. The SMILES string of the molecule is Cc1ccccc1NS(=O)(=O)c1ccc(C)c(C(=O)NC(C)C2CC2)c1. The first kappa shape index (κ1) is 18.5. The van der Waals surface area contributed by atoms with Gasteiger partial charge in [0, 0.05) is 11.6 Å². The van der Waals surface area contributed by atoms with E-state index in [4.69, 9.17) is 0 Å². The molecule has 1 aliphatic rings. The summed E-state index contributed by atoms with van der Waals surface area (Å²) >= 11 is 0. The first-order chi connectivity index (χ1) is 12.3. The molecule has 1 unspecified atom stereocenters. The van der Waals surface area contributed by atoms with Crippen molar-refractivity contribution in [3.63, 3.8) is 0 Å². The van der Waals surface area contributed by atoms with Crippen molar-refractivity contribution in [1.82, 2.24) is 5.32 Å². The number of rotatable bonds is 6. The quantitative estimate of drug-likeness (QED) is 0.813. The number of hydrogen-bond acceptors (Lipinski definition) is 3. The van der Waals surface area contributed by atoms with Crippen molar-refractivity contribution in [3.05, 3.63) is 59.2 Å². The third-order valence-corrected chi connectivity index (χ3v) is 6.20. The van der Waals surface area contributed by atoms with E-state index in [9.17, 15) is 13.2 Å². The lowest BCUT2D eigenvalue weighted by atomic mass is 10.1. The number of carbonyl (C=O) groups excluding carboxylic acids is 1. The predicted molar refractivity (Wildman–Crippen MR) is 103 cm³/mol. The van der Waals surface area contributed by atoms with Crippen LogP contribution >= 0.6 is 0 Å². The van der Waals surface area contributed by atoms with Gasteiger partial charge in [0.15, 0.2) is 0 Å². The van der Waals surface area contributed by atoms with E-state index in [1.54, 1.807) is 18.2 Å². The maximum Gasteiger partial charge on any atom is 0.261 e. The van der Waals surface area contributed by atoms with Crippen LogP contribution in [0.4, 0.5) is 5.69 Å². The zero-order valence-corrected chi connectivity index (χ0v) is 16.1. The highest BCUT2D eigenvalue weighted by Gasteiger charge is 2.29. The Hall–Kier alpha value is -2.34. The van der Waals surface area contributed by atoms with Crippen LogP contribution in [-0.2, 0) is 10.0 Å². The molecule has 1 amide bonds. The number of hydrogen-bond donors (Lipinski definition) is 2. The monoisotopic (exact) mass is 372 g/mol. The standard InChI is InChI=1S/C20H24N2O3S/c1-13-8-11-17(12-18(13)20(23)21-15(3)16-9-10-16)26(24,25)22-19-7-5-4-6-14(19)2/h4-8,11-12,15-16,22H,9-10H2,1-3H3,(H,21,23). The molecule has 138 valence electrons. The number of para-hydroxylation sites is 1. The number of anilines is 1. The molecule has 0 radical (unpaired) electrons. The van der Waals surface area contributed by atoms with E-state index >= 15 is 0 Å². The van der Waals surface area contributed by atoms with Gasteiger partial charge in [-0.1, -0.05) is 24.3 Å². The van der Waals surface area contributed by atoms with Gasteiger partial charge in [-0.05, 0) is 68.9 Å². The zero-order valence-electron chi connectivity index (χ0n) is 15.2. The van der Waals surface area contributed by atoms with Gasteiger partial charge in [0.2, 0.25) is 0 Å². The number of aryl methyl sites for hydroxylation is 2.